The van der Waals surface area contributed by atoms with E-state index in [1.54, 1.807) is 73.6 Å². The van der Waals surface area contributed by atoms with Gasteiger partial charge in [-0.3, -0.25) is 24.0 Å². The predicted octanol–water partition coefficient (Wildman–Crippen LogP) is 9.37. The van der Waals surface area contributed by atoms with Crippen molar-refractivity contribution in [3.05, 3.63) is 178 Å². The van der Waals surface area contributed by atoms with Crippen LogP contribution in [0.2, 0.25) is 10.0 Å². The first-order valence-electron chi connectivity index (χ1n) is 34.4. The molecule has 0 spiro atoms. The quantitative estimate of drug-likeness (QED) is 0.0326. The van der Waals surface area contributed by atoms with E-state index in [-0.39, 0.29) is 94.8 Å². The number of fused-ring (bicyclic) bond motifs is 1. The van der Waals surface area contributed by atoms with Crippen molar-refractivity contribution in [2.45, 2.75) is 138 Å². The molecule has 0 bridgehead atoms. The van der Waals surface area contributed by atoms with E-state index < -0.39 is 90.2 Å². The van der Waals surface area contributed by atoms with Gasteiger partial charge in [-0.2, -0.15) is 13.2 Å². The fourth-order valence-corrected chi connectivity index (χ4v) is 13.7. The number of aromatic nitrogens is 4. The van der Waals surface area contributed by atoms with Crippen LogP contribution in [0.1, 0.15) is 79.7 Å². The summed E-state index contributed by atoms with van der Waals surface area (Å²) in [5.41, 5.74) is 4.48. The van der Waals surface area contributed by atoms with Gasteiger partial charge in [0.25, 0.3) is 0 Å². The first-order chi connectivity index (χ1) is 49.4. The third-order valence-electron chi connectivity index (χ3n) is 19.1. The Morgan fingerprint density at radius 1 is 0.767 bits per heavy atom. The number of hydrogen-bond acceptors (Lipinski definition) is 17. The molecule has 2 saturated heterocycles. The highest BCUT2D eigenvalue weighted by molar-refractivity contribution is 6.31. The molecule has 1 saturated carbocycles. The van der Waals surface area contributed by atoms with Crippen molar-refractivity contribution in [3.63, 3.8) is 0 Å². The zero-order valence-electron chi connectivity index (χ0n) is 58.4. The van der Waals surface area contributed by atoms with Crippen molar-refractivity contribution in [3.8, 4) is 28.5 Å². The molecule has 5 amide bonds. The molecule has 10 rings (SSSR count). The molecule has 550 valence electrons. The van der Waals surface area contributed by atoms with Crippen LogP contribution in [0.5, 0.6) is 17.2 Å². The maximum absolute atomic E-state index is 16.1. The molecule has 0 radical (unpaired) electrons. The molecule has 28 heteroatoms. The Bertz CT molecular complexity index is 3990. The second-order valence-electron chi connectivity index (χ2n) is 26.8. The van der Waals surface area contributed by atoms with Crippen molar-refractivity contribution >= 4 is 64.2 Å². The van der Waals surface area contributed by atoms with E-state index in [2.05, 4.69) is 36.2 Å². The number of methoxy groups -OCH3 is 1. The van der Waals surface area contributed by atoms with Crippen LogP contribution < -0.4 is 30.7 Å². The van der Waals surface area contributed by atoms with Crippen LogP contribution in [0, 0.1) is 5.92 Å². The van der Waals surface area contributed by atoms with E-state index in [1.807, 2.05) is 104 Å². The molecule has 0 unspecified atom stereocenters. The molecule has 23 nitrogen and oxygen atoms in total. The average Bonchev–Trinajstić information content (AvgIpc) is 1.53. The summed E-state index contributed by atoms with van der Waals surface area (Å²) in [6.07, 6.45) is -3.09. The van der Waals surface area contributed by atoms with Gasteiger partial charge in [-0.15, -0.1) is 0 Å². The smallest absolute Gasteiger partial charge is 0.451 e. The van der Waals surface area contributed by atoms with Gasteiger partial charge < -0.3 is 74.6 Å². The van der Waals surface area contributed by atoms with Gasteiger partial charge >= 0.3 is 6.18 Å². The molecule has 2 aliphatic heterocycles. The Balaban J connectivity index is 0.956. The first kappa shape index (κ1) is 76.7. The van der Waals surface area contributed by atoms with Crippen LogP contribution in [-0.4, -0.2) is 195 Å². The lowest BCUT2D eigenvalue weighted by atomic mass is 9.87. The lowest BCUT2D eigenvalue weighted by molar-refractivity contribution is -0.150. The highest BCUT2D eigenvalue weighted by atomic mass is 35.5. The summed E-state index contributed by atoms with van der Waals surface area (Å²) in [6, 6.07) is 31.7. The Kier molecular flexibility index (Phi) is 26.5. The van der Waals surface area contributed by atoms with E-state index in [0.29, 0.717) is 52.2 Å². The normalized spacial score (nSPS) is 22.8. The lowest BCUT2D eigenvalue weighted by Crippen LogP contribution is -2.59. The van der Waals surface area contributed by atoms with Gasteiger partial charge in [0.05, 0.1) is 56.2 Å². The predicted molar refractivity (Wildman–Crippen MR) is 383 cm³/mol. The summed E-state index contributed by atoms with van der Waals surface area (Å²) in [6.45, 7) is -0.0338. The molecule has 7 aromatic rings. The Morgan fingerprint density at radius 2 is 1.48 bits per heavy atom. The van der Waals surface area contributed by atoms with Gasteiger partial charge in [-0.25, -0.2) is 15.0 Å². The molecule has 1 aliphatic carbocycles. The summed E-state index contributed by atoms with van der Waals surface area (Å²) < 4.78 is 66.1. The molecular formula is C75H89Cl2F3N12O11. The third kappa shape index (κ3) is 20.5. The van der Waals surface area contributed by atoms with Crippen molar-refractivity contribution in [1.82, 2.24) is 49.8 Å². The molecule has 5 aromatic carbocycles. The van der Waals surface area contributed by atoms with Crippen molar-refractivity contribution in [2.75, 3.05) is 72.3 Å². The lowest BCUT2D eigenvalue weighted by Gasteiger charge is -2.40. The number of ether oxygens (including phenoxy) is 4. The number of nitrogens with one attached hydrogen (secondary N) is 4. The Labute approximate surface area is 607 Å². The summed E-state index contributed by atoms with van der Waals surface area (Å²) in [7, 11) is 10.6. The largest absolute Gasteiger partial charge is 0.491 e. The van der Waals surface area contributed by atoms with Crippen LogP contribution in [0.15, 0.2) is 140 Å². The molecule has 2 aromatic heterocycles. The van der Waals surface area contributed by atoms with Crippen molar-refractivity contribution < 1.29 is 66.3 Å². The third-order valence-corrected chi connectivity index (χ3v) is 19.6. The molecule has 103 heavy (non-hydrogen) atoms. The van der Waals surface area contributed by atoms with Gasteiger partial charge in [0, 0.05) is 92.8 Å². The number of benzene rings is 5. The molecule has 3 aliphatic rings. The second kappa shape index (κ2) is 35.5. The zero-order valence-corrected chi connectivity index (χ0v) is 59.9. The maximum atomic E-state index is 16.1. The van der Waals surface area contributed by atoms with Crippen LogP contribution in [-0.2, 0) is 72.6 Å². The van der Waals surface area contributed by atoms with E-state index in [0.717, 1.165) is 47.2 Å². The number of amides is 5. The summed E-state index contributed by atoms with van der Waals surface area (Å²) in [4.78, 5) is 95.3. The topological polar surface area (TPSA) is 267 Å². The van der Waals surface area contributed by atoms with Gasteiger partial charge in [0.15, 0.2) is 0 Å². The van der Waals surface area contributed by atoms with Gasteiger partial charge in [-0.05, 0) is 143 Å². The standard InChI is InChI=1S/C75H89Cl2F3N12O11/c1-88(2)42-66-83-40-62(90(66)4)48-21-28-56(29-22-48)103-63-38-52(77)25-20-49(63)41-92-61(17-12-33-81-53-26-30-55(31-27-53)101-45-64-70(96)69(95)58(44-102-64)84-65-32-34-82-74(87-65)75(78,79)80)71(97)86-59(43-100-6)73(99)89(3)54(36-47-18-23-51(76)24-19-47)39-67(93)85-57-15-10-11-16-60(57)91(5)72(98)50(37-68(92)94)35-46-13-8-7-9-14-46/h7-9,13-14,18-32,34,38,40,50,54,57-61,64,69-70,81,95-96H,10-12,15-17,33,35-37,39,41-45H2,1-6H3,(H,85,93)(H,86,97)(H,82,84,87)/t50-,54+,57+,58+,59+,60+,61+,64-,69-,70+/m1/s1. The van der Waals surface area contributed by atoms with Gasteiger partial charge in [0.1, 0.15) is 65.9 Å². The minimum atomic E-state index is -4.80. The fourth-order valence-electron chi connectivity index (χ4n) is 13.4. The van der Waals surface area contributed by atoms with Crippen LogP contribution in [0.3, 0.4) is 0 Å². The van der Waals surface area contributed by atoms with Gasteiger partial charge in [0.2, 0.25) is 35.4 Å². The number of alkyl halides is 3. The number of hydrogen-bond donors (Lipinski definition) is 6. The summed E-state index contributed by atoms with van der Waals surface area (Å²) in [5, 5.41) is 35.2. The Hall–Kier alpha value is -8.89. The first-order valence-corrected chi connectivity index (χ1v) is 35.2. The average molecular weight is 1460 g/mol. The summed E-state index contributed by atoms with van der Waals surface area (Å²) >= 11 is 13.1. The maximum Gasteiger partial charge on any atom is 0.451 e. The highest BCUT2D eigenvalue weighted by Gasteiger charge is 2.43. The number of imidazole rings is 1. The molecular weight excluding hydrogens is 1370 g/mol. The molecule has 6 N–H and O–H groups in total. The van der Waals surface area contributed by atoms with Crippen LogP contribution in [0.4, 0.5) is 24.7 Å². The van der Waals surface area contributed by atoms with E-state index in [9.17, 15) is 28.2 Å². The number of nitrogens with zero attached hydrogens (tertiary/aromatic N) is 8. The number of halogens is 5. The number of rotatable bonds is 23. The highest BCUT2D eigenvalue weighted by Crippen LogP contribution is 2.35. The number of anilines is 2. The van der Waals surface area contributed by atoms with Crippen molar-refractivity contribution in [2.24, 2.45) is 13.0 Å². The summed E-state index contributed by atoms with van der Waals surface area (Å²) in [5.74, 6) is -3.00. The monoisotopic (exact) mass is 1460 g/mol. The Morgan fingerprint density at radius 3 is 2.19 bits per heavy atom. The van der Waals surface area contributed by atoms with Crippen LogP contribution >= 0.6 is 23.2 Å². The van der Waals surface area contributed by atoms with E-state index in [4.69, 9.17) is 42.1 Å². The SMILES string of the molecule is COC[C@@H]1NC(=O)[C@H](CCCNc2ccc(OC[C@H]3OC[C@H](Nc4ccnc(C(F)(F)F)n4)[C@@H](O)[C@H]3O)cc2)N(Cc2ccc(Cl)cc2Oc2ccc(-c3cnc(CN(C)C)n3C)cc2)C(=O)C[C@@H](Cc2ccccc2)C(=O)N(C)[C@H]2CCCC[C@@H]2NC(=O)C[C@H](Cc2ccc(Cl)cc2)N(C)C1=O. The number of carbonyl (C=O) groups excluding carboxylic acids is 5. The second-order valence-corrected chi connectivity index (χ2v) is 27.6. The number of carbonyl (C=O) groups is 5. The van der Waals surface area contributed by atoms with Gasteiger partial charge in [-0.1, -0.05) is 84.6 Å². The minimum Gasteiger partial charge on any atom is -0.491 e. The van der Waals surface area contributed by atoms with E-state index in [1.165, 1.54) is 23.0 Å². The molecule has 4 heterocycles. The van der Waals surface area contributed by atoms with E-state index >= 15 is 19.2 Å². The molecule has 10 atom stereocenters. The van der Waals surface area contributed by atoms with Crippen LogP contribution in [0.25, 0.3) is 11.3 Å². The number of likely N-dealkylation sites (N-methyl/N-ethyl adjacent to an activating group) is 2. The minimum absolute atomic E-state index is 0.00490. The number of aliphatic hydroxyl groups is 2. The molecule has 3 fully saturated rings. The number of aliphatic hydroxyl groups excluding tert-OH is 2. The fraction of sp³-hybridized carbons (Fsp3) is 0.440. The van der Waals surface area contributed by atoms with Crippen molar-refractivity contribution in [1.29, 1.82) is 0 Å². The zero-order chi connectivity index (χ0) is 73.5.